The molecule has 0 aliphatic heterocycles. The summed E-state index contributed by atoms with van der Waals surface area (Å²) in [6, 6.07) is 10.8. The third kappa shape index (κ3) is 3.29. The predicted octanol–water partition coefficient (Wildman–Crippen LogP) is 1.54. The number of rotatable bonds is 6. The van der Waals surface area contributed by atoms with Gasteiger partial charge in [-0.15, -0.1) is 0 Å². The van der Waals surface area contributed by atoms with Crippen LogP contribution in [0.1, 0.15) is 5.56 Å². The molecule has 124 valence electrons. The van der Waals surface area contributed by atoms with Crippen molar-refractivity contribution in [1.82, 2.24) is 14.7 Å². The quantitative estimate of drug-likeness (QED) is 0.627. The lowest BCUT2D eigenvalue weighted by atomic mass is 10.1. The second kappa shape index (κ2) is 6.42. The van der Waals surface area contributed by atoms with Crippen LogP contribution in [0.5, 0.6) is 0 Å². The average Bonchev–Trinajstić information content (AvgIpc) is 3.00. The second-order valence-corrected chi connectivity index (χ2v) is 6.94. The van der Waals surface area contributed by atoms with Crippen molar-refractivity contribution in [2.45, 2.75) is 17.4 Å². The third-order valence-corrected chi connectivity index (χ3v) is 5.09. The van der Waals surface area contributed by atoms with Crippen LogP contribution in [0.15, 0.2) is 59.8 Å². The van der Waals surface area contributed by atoms with E-state index in [2.05, 4.69) is 14.7 Å². The molecule has 7 nitrogen and oxygen atoms in total. The van der Waals surface area contributed by atoms with Gasteiger partial charge in [0.1, 0.15) is 16.6 Å². The summed E-state index contributed by atoms with van der Waals surface area (Å²) in [5.41, 5.74) is 1.15. The van der Waals surface area contributed by atoms with E-state index in [-0.39, 0.29) is 11.3 Å². The Morgan fingerprint density at radius 2 is 1.96 bits per heavy atom. The van der Waals surface area contributed by atoms with E-state index in [1.165, 1.54) is 12.4 Å². The maximum atomic E-state index is 12.6. The molecule has 0 spiro atoms. The standard InChI is InChI=1S/C16H15N3O4S/c20-16(21)13(9-11-5-2-1-3-6-11)19-24(22,23)14-10-18-15-12(14)7-4-8-17-15/h1-8,10,13,19H,9H2,(H,17,18)(H,20,21)/t13-/m0/s1. The molecule has 1 aromatic carbocycles. The summed E-state index contributed by atoms with van der Waals surface area (Å²) < 4.78 is 27.4. The van der Waals surface area contributed by atoms with Gasteiger partial charge in [0.25, 0.3) is 0 Å². The normalized spacial score (nSPS) is 13.0. The number of H-pyrrole nitrogens is 1. The van der Waals surface area contributed by atoms with Crippen LogP contribution in [-0.4, -0.2) is 35.5 Å². The maximum Gasteiger partial charge on any atom is 0.322 e. The topological polar surface area (TPSA) is 112 Å². The Morgan fingerprint density at radius 3 is 2.67 bits per heavy atom. The first kappa shape index (κ1) is 16.2. The number of carboxylic acids is 1. The van der Waals surface area contributed by atoms with E-state index in [9.17, 15) is 18.3 Å². The molecular weight excluding hydrogens is 330 g/mol. The van der Waals surface area contributed by atoms with Crippen molar-refractivity contribution >= 4 is 27.0 Å². The van der Waals surface area contributed by atoms with Crippen LogP contribution in [-0.2, 0) is 21.2 Å². The number of carboxylic acid groups (broad SMARTS) is 1. The smallest absolute Gasteiger partial charge is 0.322 e. The SMILES string of the molecule is O=C(O)[C@H](Cc1ccccc1)NS(=O)(=O)c1c[nH]c2ncccc12. The van der Waals surface area contributed by atoms with E-state index in [4.69, 9.17) is 0 Å². The van der Waals surface area contributed by atoms with E-state index >= 15 is 0 Å². The summed E-state index contributed by atoms with van der Waals surface area (Å²) in [5, 5.41) is 9.77. The lowest BCUT2D eigenvalue weighted by Gasteiger charge is -2.14. The zero-order valence-corrected chi connectivity index (χ0v) is 13.3. The molecule has 24 heavy (non-hydrogen) atoms. The fourth-order valence-corrected chi connectivity index (χ4v) is 3.79. The van der Waals surface area contributed by atoms with Gasteiger partial charge in [0, 0.05) is 17.8 Å². The molecule has 3 N–H and O–H groups in total. The van der Waals surface area contributed by atoms with Crippen LogP contribution >= 0.6 is 0 Å². The highest BCUT2D eigenvalue weighted by Gasteiger charge is 2.27. The first-order valence-corrected chi connectivity index (χ1v) is 8.67. The molecule has 0 fully saturated rings. The number of aliphatic carboxylic acids is 1. The van der Waals surface area contributed by atoms with Crippen molar-refractivity contribution in [3.63, 3.8) is 0 Å². The molecule has 0 saturated heterocycles. The number of fused-ring (bicyclic) bond motifs is 1. The minimum absolute atomic E-state index is 0.0232. The van der Waals surface area contributed by atoms with Gasteiger partial charge < -0.3 is 10.1 Å². The number of aromatic nitrogens is 2. The number of sulfonamides is 1. The first-order chi connectivity index (χ1) is 11.5. The van der Waals surface area contributed by atoms with Crippen LogP contribution in [0.25, 0.3) is 11.0 Å². The third-order valence-electron chi connectivity index (χ3n) is 3.58. The maximum absolute atomic E-state index is 12.6. The largest absolute Gasteiger partial charge is 0.480 e. The van der Waals surface area contributed by atoms with Gasteiger partial charge >= 0.3 is 5.97 Å². The second-order valence-electron chi connectivity index (χ2n) is 5.25. The molecule has 0 bridgehead atoms. The molecule has 0 saturated carbocycles. The van der Waals surface area contributed by atoms with Crippen molar-refractivity contribution in [2.75, 3.05) is 0 Å². The Kier molecular flexibility index (Phi) is 4.32. The number of hydrogen-bond donors (Lipinski definition) is 3. The summed E-state index contributed by atoms with van der Waals surface area (Å²) in [4.78, 5) is 18.2. The number of nitrogens with one attached hydrogen (secondary N) is 2. The summed E-state index contributed by atoms with van der Waals surface area (Å²) in [5.74, 6) is -1.24. The molecule has 0 unspecified atom stereocenters. The van der Waals surface area contributed by atoms with Gasteiger partial charge in [-0.25, -0.2) is 13.4 Å². The fourth-order valence-electron chi connectivity index (χ4n) is 2.43. The van der Waals surface area contributed by atoms with E-state index in [1.54, 1.807) is 36.4 Å². The zero-order chi connectivity index (χ0) is 17.2. The van der Waals surface area contributed by atoms with Crippen molar-refractivity contribution in [2.24, 2.45) is 0 Å². The number of pyridine rings is 1. The number of nitrogens with zero attached hydrogens (tertiary/aromatic N) is 1. The molecule has 8 heteroatoms. The molecule has 2 heterocycles. The van der Waals surface area contributed by atoms with Crippen LogP contribution in [0.4, 0.5) is 0 Å². The van der Waals surface area contributed by atoms with Gasteiger partial charge in [0.15, 0.2) is 0 Å². The molecule has 3 rings (SSSR count). The van der Waals surface area contributed by atoms with Gasteiger partial charge in [0.2, 0.25) is 10.0 Å². The molecule has 1 atom stereocenters. The lowest BCUT2D eigenvalue weighted by molar-refractivity contribution is -0.138. The molecule has 2 aromatic heterocycles. The predicted molar refractivity (Wildman–Crippen MR) is 88.0 cm³/mol. The highest BCUT2D eigenvalue weighted by molar-refractivity contribution is 7.89. The number of aromatic amines is 1. The summed E-state index contributed by atoms with van der Waals surface area (Å²) in [6.45, 7) is 0. The lowest BCUT2D eigenvalue weighted by Crippen LogP contribution is -2.42. The Morgan fingerprint density at radius 1 is 1.21 bits per heavy atom. The summed E-state index contributed by atoms with van der Waals surface area (Å²) in [7, 11) is -4.01. The van der Waals surface area contributed by atoms with Crippen molar-refractivity contribution in [3.05, 3.63) is 60.4 Å². The highest BCUT2D eigenvalue weighted by Crippen LogP contribution is 2.21. The van der Waals surface area contributed by atoms with Crippen LogP contribution in [0.2, 0.25) is 0 Å². The van der Waals surface area contributed by atoms with Gasteiger partial charge in [-0.05, 0) is 24.1 Å². The molecule has 0 aliphatic rings. The van der Waals surface area contributed by atoms with Gasteiger partial charge in [-0.3, -0.25) is 4.79 Å². The van der Waals surface area contributed by atoms with E-state index < -0.39 is 22.0 Å². The van der Waals surface area contributed by atoms with E-state index in [1.807, 2.05) is 6.07 Å². The number of benzene rings is 1. The molecule has 0 amide bonds. The van der Waals surface area contributed by atoms with Crippen LogP contribution in [0.3, 0.4) is 0 Å². The monoisotopic (exact) mass is 345 g/mol. The Balaban J connectivity index is 1.90. The van der Waals surface area contributed by atoms with Crippen molar-refractivity contribution in [3.8, 4) is 0 Å². The molecular formula is C16H15N3O4S. The Hall–Kier alpha value is -2.71. The zero-order valence-electron chi connectivity index (χ0n) is 12.5. The summed E-state index contributed by atoms with van der Waals surface area (Å²) >= 11 is 0. The fraction of sp³-hybridized carbons (Fsp3) is 0.125. The molecule has 0 aliphatic carbocycles. The number of carbonyl (C=O) groups is 1. The van der Waals surface area contributed by atoms with Gasteiger partial charge in [-0.2, -0.15) is 4.72 Å². The van der Waals surface area contributed by atoms with Crippen LogP contribution < -0.4 is 4.72 Å². The minimum atomic E-state index is -4.01. The van der Waals surface area contributed by atoms with Crippen molar-refractivity contribution in [1.29, 1.82) is 0 Å². The van der Waals surface area contributed by atoms with Gasteiger partial charge in [0.05, 0.1) is 0 Å². The highest BCUT2D eigenvalue weighted by atomic mass is 32.2. The first-order valence-electron chi connectivity index (χ1n) is 7.18. The minimum Gasteiger partial charge on any atom is -0.480 e. The Labute approximate surface area is 138 Å². The summed E-state index contributed by atoms with van der Waals surface area (Å²) in [6.07, 6.45) is 2.90. The van der Waals surface area contributed by atoms with Crippen LogP contribution in [0, 0.1) is 0 Å². The van der Waals surface area contributed by atoms with Crippen molar-refractivity contribution < 1.29 is 18.3 Å². The Bertz CT molecular complexity index is 967. The molecule has 0 radical (unpaired) electrons. The molecule has 3 aromatic rings. The van der Waals surface area contributed by atoms with E-state index in [0.29, 0.717) is 11.0 Å². The van der Waals surface area contributed by atoms with Gasteiger partial charge in [-0.1, -0.05) is 30.3 Å². The van der Waals surface area contributed by atoms with E-state index in [0.717, 1.165) is 5.56 Å². The average molecular weight is 345 g/mol. The number of hydrogen-bond acceptors (Lipinski definition) is 4.